The third-order valence-electron chi connectivity index (χ3n) is 1.22. The van der Waals surface area contributed by atoms with Gasteiger partial charge in [-0.05, 0) is 6.92 Å². The lowest BCUT2D eigenvalue weighted by Gasteiger charge is -2.09. The third kappa shape index (κ3) is 4.95. The van der Waals surface area contributed by atoms with Crippen LogP contribution < -0.4 is 0 Å². The van der Waals surface area contributed by atoms with Gasteiger partial charge in [-0.2, -0.15) is 0 Å². The van der Waals surface area contributed by atoms with Gasteiger partial charge in [0.1, 0.15) is 10.8 Å². The van der Waals surface area contributed by atoms with E-state index in [0.29, 0.717) is 0 Å². The van der Waals surface area contributed by atoms with Crippen molar-refractivity contribution in [3.8, 4) is 0 Å². The summed E-state index contributed by atoms with van der Waals surface area (Å²) in [6.45, 7) is 1.85. The van der Waals surface area contributed by atoms with Gasteiger partial charge in [-0.15, -0.1) is 23.2 Å². The first-order valence-corrected chi connectivity index (χ1v) is 4.53. The number of carbonyl (C=O) groups is 2. The lowest BCUT2D eigenvalue weighted by atomic mass is 10.2. The number of carboxylic acid groups (broad SMARTS) is 1. The molecule has 4 nitrogen and oxygen atoms in total. The summed E-state index contributed by atoms with van der Waals surface area (Å²) in [5.41, 5.74) is 0. The third-order valence-corrected chi connectivity index (χ3v) is 1.95. The molecule has 76 valence electrons. The summed E-state index contributed by atoms with van der Waals surface area (Å²) in [5, 5.41) is 6.24. The summed E-state index contributed by atoms with van der Waals surface area (Å²) in [4.78, 5) is 21.2. The van der Waals surface area contributed by atoms with E-state index in [-0.39, 0.29) is 13.0 Å². The van der Waals surface area contributed by atoms with E-state index >= 15 is 0 Å². The molecule has 0 saturated heterocycles. The minimum absolute atomic E-state index is 0.142. The van der Waals surface area contributed by atoms with Crippen molar-refractivity contribution < 1.29 is 19.4 Å². The van der Waals surface area contributed by atoms with Crippen LogP contribution in [-0.2, 0) is 14.3 Å². The predicted octanol–water partition coefficient (Wildman–Crippen LogP) is 1.24. The van der Waals surface area contributed by atoms with Crippen LogP contribution in [0.1, 0.15) is 13.3 Å². The smallest absolute Gasteiger partial charge is 0.324 e. The van der Waals surface area contributed by atoms with Crippen molar-refractivity contribution in [1.29, 1.82) is 0 Å². The number of hydrogen-bond donors (Lipinski definition) is 1. The molecule has 0 aromatic rings. The summed E-state index contributed by atoms with van der Waals surface area (Å²) in [7, 11) is 0. The van der Waals surface area contributed by atoms with Gasteiger partial charge < -0.3 is 9.84 Å². The first-order valence-electron chi connectivity index (χ1n) is 3.66. The van der Waals surface area contributed by atoms with Gasteiger partial charge in [-0.3, -0.25) is 9.59 Å². The molecule has 0 aliphatic carbocycles. The Morgan fingerprint density at radius 3 is 2.31 bits per heavy atom. The van der Waals surface area contributed by atoms with Crippen LogP contribution in [0.3, 0.4) is 0 Å². The normalized spacial score (nSPS) is 14.7. The van der Waals surface area contributed by atoms with Gasteiger partial charge in [-0.1, -0.05) is 0 Å². The molecule has 0 heterocycles. The molecule has 0 fully saturated rings. The second kappa shape index (κ2) is 6.05. The van der Waals surface area contributed by atoms with E-state index in [0.717, 1.165) is 0 Å². The monoisotopic (exact) mass is 228 g/mol. The summed E-state index contributed by atoms with van der Waals surface area (Å²) in [6.07, 6.45) is -0.142. The molecule has 0 aromatic carbocycles. The van der Waals surface area contributed by atoms with Crippen LogP contribution in [0.5, 0.6) is 0 Å². The molecule has 0 radical (unpaired) electrons. The highest BCUT2D eigenvalue weighted by atomic mass is 35.5. The molecule has 2 atom stereocenters. The largest absolute Gasteiger partial charge is 0.480 e. The fourth-order valence-corrected chi connectivity index (χ4v) is 1.12. The van der Waals surface area contributed by atoms with Gasteiger partial charge >= 0.3 is 11.9 Å². The van der Waals surface area contributed by atoms with Gasteiger partial charge in [0.15, 0.2) is 0 Å². The van der Waals surface area contributed by atoms with Crippen LogP contribution in [0.15, 0.2) is 0 Å². The second-order valence-corrected chi connectivity index (χ2v) is 3.31. The molecule has 0 rings (SSSR count). The number of aliphatic carboxylic acids is 1. The Morgan fingerprint density at radius 1 is 1.38 bits per heavy atom. The van der Waals surface area contributed by atoms with Gasteiger partial charge in [0.05, 0.1) is 6.61 Å². The minimum atomic E-state index is -1.20. The van der Waals surface area contributed by atoms with Crippen molar-refractivity contribution in [2.45, 2.75) is 24.1 Å². The molecule has 0 spiro atoms. The summed E-state index contributed by atoms with van der Waals surface area (Å²) in [6, 6.07) is 0. The number of carbonyl (C=O) groups excluding carboxylic acids is 1. The lowest BCUT2D eigenvalue weighted by molar-refractivity contribution is -0.143. The van der Waals surface area contributed by atoms with Crippen molar-refractivity contribution in [3.05, 3.63) is 0 Å². The quantitative estimate of drug-likeness (QED) is 0.569. The lowest BCUT2D eigenvalue weighted by Crippen LogP contribution is -2.25. The average Bonchev–Trinajstić information content (AvgIpc) is 2.04. The Labute approximate surface area is 85.8 Å². The molecule has 1 N–H and O–H groups in total. The fourth-order valence-electron chi connectivity index (χ4n) is 0.611. The number of halogens is 2. The van der Waals surface area contributed by atoms with Crippen LogP contribution in [0.4, 0.5) is 0 Å². The number of alkyl halides is 2. The van der Waals surface area contributed by atoms with Gasteiger partial charge in [-0.25, -0.2) is 0 Å². The van der Waals surface area contributed by atoms with Gasteiger partial charge in [0, 0.05) is 6.42 Å². The molecule has 0 aliphatic rings. The van der Waals surface area contributed by atoms with E-state index in [1.54, 1.807) is 6.92 Å². The predicted molar refractivity (Wildman–Crippen MR) is 48.2 cm³/mol. The molecule has 0 bridgehead atoms. The van der Waals surface area contributed by atoms with Crippen LogP contribution in [0.2, 0.25) is 0 Å². The number of esters is 1. The standard InChI is InChI=1S/C7H10Cl2O4/c1-2-13-7(12)5(9)3-4(8)6(10)11/h4-5H,2-3H2,1H3,(H,10,11). The van der Waals surface area contributed by atoms with E-state index in [2.05, 4.69) is 4.74 Å². The maximum absolute atomic E-state index is 10.9. The first kappa shape index (κ1) is 12.5. The van der Waals surface area contributed by atoms with E-state index in [1.807, 2.05) is 0 Å². The summed E-state index contributed by atoms with van der Waals surface area (Å²) in [5.74, 6) is -1.84. The number of hydrogen-bond acceptors (Lipinski definition) is 3. The van der Waals surface area contributed by atoms with Crippen molar-refractivity contribution in [2.75, 3.05) is 6.61 Å². The van der Waals surface area contributed by atoms with Crippen molar-refractivity contribution in [1.82, 2.24) is 0 Å². The molecular formula is C7H10Cl2O4. The van der Waals surface area contributed by atoms with E-state index in [1.165, 1.54) is 0 Å². The maximum atomic E-state index is 10.9. The molecule has 0 aromatic heterocycles. The molecule has 0 saturated carbocycles. The van der Waals surface area contributed by atoms with Crippen molar-refractivity contribution in [3.63, 3.8) is 0 Å². The molecular weight excluding hydrogens is 219 g/mol. The number of ether oxygens (including phenoxy) is 1. The Morgan fingerprint density at radius 2 is 1.92 bits per heavy atom. The van der Waals surface area contributed by atoms with Crippen LogP contribution in [0.25, 0.3) is 0 Å². The molecule has 6 heteroatoms. The van der Waals surface area contributed by atoms with Crippen LogP contribution in [0, 0.1) is 0 Å². The average molecular weight is 229 g/mol. The Bertz CT molecular complexity index is 195. The second-order valence-electron chi connectivity index (χ2n) is 2.26. The summed E-state index contributed by atoms with van der Waals surface area (Å²) < 4.78 is 4.56. The van der Waals surface area contributed by atoms with Crippen LogP contribution >= 0.6 is 23.2 Å². The topological polar surface area (TPSA) is 63.6 Å². The first-order chi connectivity index (χ1) is 5.99. The highest BCUT2D eigenvalue weighted by molar-refractivity contribution is 6.33. The Balaban J connectivity index is 3.92. The van der Waals surface area contributed by atoms with Gasteiger partial charge in [0.25, 0.3) is 0 Å². The summed E-state index contributed by atoms with van der Waals surface area (Å²) >= 11 is 10.9. The highest BCUT2D eigenvalue weighted by Gasteiger charge is 2.24. The zero-order valence-corrected chi connectivity index (χ0v) is 8.51. The molecule has 2 unspecified atom stereocenters. The number of rotatable bonds is 5. The van der Waals surface area contributed by atoms with E-state index < -0.39 is 22.7 Å². The Hall–Kier alpha value is -0.480. The molecule has 0 aliphatic heterocycles. The van der Waals surface area contributed by atoms with Crippen molar-refractivity contribution >= 4 is 35.1 Å². The van der Waals surface area contributed by atoms with Gasteiger partial charge in [0.2, 0.25) is 0 Å². The van der Waals surface area contributed by atoms with Crippen molar-refractivity contribution in [2.24, 2.45) is 0 Å². The fraction of sp³-hybridized carbons (Fsp3) is 0.714. The SMILES string of the molecule is CCOC(=O)C(Cl)CC(Cl)C(=O)O. The van der Waals surface area contributed by atoms with E-state index in [9.17, 15) is 9.59 Å². The molecule has 13 heavy (non-hydrogen) atoms. The number of carboxylic acids is 1. The van der Waals surface area contributed by atoms with E-state index in [4.69, 9.17) is 28.3 Å². The van der Waals surface area contributed by atoms with Crippen LogP contribution in [-0.4, -0.2) is 34.4 Å². The zero-order chi connectivity index (χ0) is 10.4. The zero-order valence-electron chi connectivity index (χ0n) is 7.00. The Kier molecular flexibility index (Phi) is 5.82. The minimum Gasteiger partial charge on any atom is -0.480 e. The highest BCUT2D eigenvalue weighted by Crippen LogP contribution is 2.12. The maximum Gasteiger partial charge on any atom is 0.324 e. The molecule has 0 amide bonds.